The smallest absolute Gasteiger partial charge is 0.309 e. The van der Waals surface area contributed by atoms with Crippen LogP contribution in [-0.2, 0) is 6.54 Å². The third-order valence-electron chi connectivity index (χ3n) is 3.51. The molecule has 6 heteroatoms. The van der Waals surface area contributed by atoms with Crippen LogP contribution in [0.2, 0.25) is 0 Å². The van der Waals surface area contributed by atoms with Crippen molar-refractivity contribution in [2.75, 3.05) is 19.6 Å². The van der Waals surface area contributed by atoms with E-state index in [1.165, 1.54) is 15.3 Å². The molecule has 2 rings (SSSR count). The Bertz CT molecular complexity index is 395. The zero-order valence-electron chi connectivity index (χ0n) is 11.0. The molecule has 1 aromatic heterocycles. The molecule has 0 spiro atoms. The van der Waals surface area contributed by atoms with Gasteiger partial charge in [0, 0.05) is 17.5 Å². The monoisotopic (exact) mass is 292 g/mol. The van der Waals surface area contributed by atoms with Crippen LogP contribution >= 0.6 is 11.3 Å². The van der Waals surface area contributed by atoms with Crippen LogP contribution in [0.25, 0.3) is 0 Å². The van der Waals surface area contributed by atoms with E-state index in [0.717, 1.165) is 19.4 Å². The Morgan fingerprint density at radius 3 is 2.58 bits per heavy atom. The second-order valence-electron chi connectivity index (χ2n) is 5.07. The van der Waals surface area contributed by atoms with Gasteiger partial charge in [-0.05, 0) is 49.9 Å². The minimum absolute atomic E-state index is 0.339. The molecule has 1 aliphatic heterocycles. The summed E-state index contributed by atoms with van der Waals surface area (Å²) in [6.07, 6.45) is -2.49. The van der Waals surface area contributed by atoms with E-state index in [1.54, 1.807) is 11.3 Å². The zero-order chi connectivity index (χ0) is 13.9. The van der Waals surface area contributed by atoms with Crippen molar-refractivity contribution in [3.8, 4) is 0 Å². The number of piperidine rings is 1. The van der Waals surface area contributed by atoms with Gasteiger partial charge in [-0.3, -0.25) is 4.90 Å². The van der Waals surface area contributed by atoms with Crippen molar-refractivity contribution in [2.45, 2.75) is 38.5 Å². The van der Waals surface area contributed by atoms with Gasteiger partial charge in [0.15, 0.2) is 0 Å². The van der Waals surface area contributed by atoms with Gasteiger partial charge in [-0.1, -0.05) is 0 Å². The Kier molecular flexibility index (Phi) is 4.86. The lowest BCUT2D eigenvalue weighted by molar-refractivity contribution is -0.148. The molecule has 19 heavy (non-hydrogen) atoms. The Morgan fingerprint density at radius 2 is 2.05 bits per heavy atom. The van der Waals surface area contributed by atoms with E-state index in [9.17, 15) is 13.2 Å². The number of thiophene rings is 1. The van der Waals surface area contributed by atoms with Gasteiger partial charge in [0.25, 0.3) is 0 Å². The van der Waals surface area contributed by atoms with Gasteiger partial charge in [0.1, 0.15) is 0 Å². The van der Waals surface area contributed by atoms with Crippen molar-refractivity contribution in [2.24, 2.45) is 0 Å². The Morgan fingerprint density at radius 1 is 1.37 bits per heavy atom. The highest BCUT2D eigenvalue weighted by Gasteiger charge is 2.32. The lowest BCUT2D eigenvalue weighted by Crippen LogP contribution is -2.45. The summed E-state index contributed by atoms with van der Waals surface area (Å²) in [5, 5.41) is 5.52. The van der Waals surface area contributed by atoms with Gasteiger partial charge in [-0.15, -0.1) is 11.3 Å². The predicted octanol–water partition coefficient (Wildman–Crippen LogP) is 3.17. The molecule has 0 radical (unpaired) electrons. The number of aryl methyl sites for hydroxylation is 1. The molecule has 0 amide bonds. The van der Waals surface area contributed by atoms with Crippen molar-refractivity contribution in [1.29, 1.82) is 0 Å². The highest BCUT2D eigenvalue weighted by molar-refractivity contribution is 7.10. The van der Waals surface area contributed by atoms with Crippen LogP contribution in [0.3, 0.4) is 0 Å². The van der Waals surface area contributed by atoms with Gasteiger partial charge in [0.05, 0.1) is 6.54 Å². The van der Waals surface area contributed by atoms with Crippen molar-refractivity contribution < 1.29 is 13.2 Å². The van der Waals surface area contributed by atoms with Crippen molar-refractivity contribution in [3.05, 3.63) is 21.9 Å². The fourth-order valence-electron chi connectivity index (χ4n) is 2.37. The molecule has 1 N–H and O–H groups in total. The first-order valence-corrected chi connectivity index (χ1v) is 7.37. The molecule has 1 fully saturated rings. The summed E-state index contributed by atoms with van der Waals surface area (Å²) in [4.78, 5) is 2.81. The molecule has 0 bridgehead atoms. The minimum Gasteiger partial charge on any atom is -0.309 e. The SMILES string of the molecule is Cc1ccsc1CNC1CCN(CC(F)(F)F)CC1. The third kappa shape index (κ3) is 4.78. The Balaban J connectivity index is 1.70. The van der Waals surface area contributed by atoms with Gasteiger partial charge in [0.2, 0.25) is 0 Å². The number of nitrogens with one attached hydrogen (secondary N) is 1. The summed E-state index contributed by atoms with van der Waals surface area (Å²) in [5.41, 5.74) is 1.28. The van der Waals surface area contributed by atoms with E-state index >= 15 is 0 Å². The first-order chi connectivity index (χ1) is 8.94. The van der Waals surface area contributed by atoms with E-state index in [4.69, 9.17) is 0 Å². The normalized spacial score (nSPS) is 18.9. The summed E-state index contributed by atoms with van der Waals surface area (Å²) < 4.78 is 36.8. The molecule has 1 saturated heterocycles. The first kappa shape index (κ1) is 14.8. The molecular formula is C13H19F3N2S. The van der Waals surface area contributed by atoms with Crippen LogP contribution in [0, 0.1) is 6.92 Å². The number of nitrogens with zero attached hydrogens (tertiary/aromatic N) is 1. The van der Waals surface area contributed by atoms with Gasteiger partial charge in [-0.25, -0.2) is 0 Å². The highest BCUT2D eigenvalue weighted by atomic mass is 32.1. The Hall–Kier alpha value is -0.590. The average molecular weight is 292 g/mol. The Labute approximate surface area is 115 Å². The van der Waals surface area contributed by atoms with Gasteiger partial charge >= 0.3 is 6.18 Å². The molecule has 0 saturated carbocycles. The summed E-state index contributed by atoms with van der Waals surface area (Å²) in [6.45, 7) is 3.19. The fraction of sp³-hybridized carbons (Fsp3) is 0.692. The second-order valence-corrected chi connectivity index (χ2v) is 6.07. The van der Waals surface area contributed by atoms with Crippen LogP contribution < -0.4 is 5.32 Å². The summed E-state index contributed by atoms with van der Waals surface area (Å²) in [7, 11) is 0. The summed E-state index contributed by atoms with van der Waals surface area (Å²) in [5.74, 6) is 0. The first-order valence-electron chi connectivity index (χ1n) is 6.49. The highest BCUT2D eigenvalue weighted by Crippen LogP contribution is 2.20. The molecule has 1 aromatic rings. The predicted molar refractivity (Wildman–Crippen MR) is 71.4 cm³/mol. The second kappa shape index (κ2) is 6.24. The molecule has 0 aromatic carbocycles. The number of likely N-dealkylation sites (tertiary alicyclic amines) is 1. The molecule has 108 valence electrons. The molecule has 0 unspecified atom stereocenters. The number of hydrogen-bond donors (Lipinski definition) is 1. The largest absolute Gasteiger partial charge is 0.401 e. The molecule has 0 atom stereocenters. The zero-order valence-corrected chi connectivity index (χ0v) is 11.8. The molecule has 2 nitrogen and oxygen atoms in total. The molecule has 0 aliphatic carbocycles. The molecule has 2 heterocycles. The number of hydrogen-bond acceptors (Lipinski definition) is 3. The summed E-state index contributed by atoms with van der Waals surface area (Å²) >= 11 is 1.72. The third-order valence-corrected chi connectivity index (χ3v) is 4.53. The van der Waals surface area contributed by atoms with Crippen molar-refractivity contribution in [3.63, 3.8) is 0 Å². The van der Waals surface area contributed by atoms with Gasteiger partial charge < -0.3 is 5.32 Å². The van der Waals surface area contributed by atoms with Crippen LogP contribution in [0.1, 0.15) is 23.3 Å². The topological polar surface area (TPSA) is 15.3 Å². The van der Waals surface area contributed by atoms with E-state index in [2.05, 4.69) is 23.7 Å². The maximum Gasteiger partial charge on any atom is 0.401 e. The standard InChI is InChI=1S/C13H19F3N2S/c1-10-4-7-19-12(10)8-17-11-2-5-18(6-3-11)9-13(14,15)16/h4,7,11,17H,2-3,5-6,8-9H2,1H3. The van der Waals surface area contributed by atoms with E-state index in [-0.39, 0.29) is 0 Å². The van der Waals surface area contributed by atoms with Gasteiger partial charge in [-0.2, -0.15) is 13.2 Å². The van der Waals surface area contributed by atoms with Crippen LogP contribution in [-0.4, -0.2) is 36.8 Å². The minimum atomic E-state index is -4.08. The van der Waals surface area contributed by atoms with E-state index in [0.29, 0.717) is 19.1 Å². The lowest BCUT2D eigenvalue weighted by Gasteiger charge is -2.32. The van der Waals surface area contributed by atoms with Crippen LogP contribution in [0.5, 0.6) is 0 Å². The maximum atomic E-state index is 12.3. The number of rotatable bonds is 4. The fourth-order valence-corrected chi connectivity index (χ4v) is 3.23. The van der Waals surface area contributed by atoms with Crippen molar-refractivity contribution in [1.82, 2.24) is 10.2 Å². The average Bonchev–Trinajstić information content (AvgIpc) is 2.72. The maximum absolute atomic E-state index is 12.3. The van der Waals surface area contributed by atoms with Crippen molar-refractivity contribution >= 4 is 11.3 Å². The molecular weight excluding hydrogens is 273 g/mol. The van der Waals surface area contributed by atoms with E-state index in [1.807, 2.05) is 0 Å². The quantitative estimate of drug-likeness (QED) is 0.917. The number of alkyl halides is 3. The lowest BCUT2D eigenvalue weighted by atomic mass is 10.0. The number of halogens is 3. The van der Waals surface area contributed by atoms with E-state index < -0.39 is 12.7 Å². The van der Waals surface area contributed by atoms with Crippen LogP contribution in [0.4, 0.5) is 13.2 Å². The van der Waals surface area contributed by atoms with Crippen LogP contribution in [0.15, 0.2) is 11.4 Å². The molecule has 1 aliphatic rings. The summed E-state index contributed by atoms with van der Waals surface area (Å²) in [6, 6.07) is 2.43.